The first-order valence-electron chi connectivity index (χ1n) is 6.16. The fourth-order valence-corrected chi connectivity index (χ4v) is 2.38. The zero-order chi connectivity index (χ0) is 12.3. The van der Waals surface area contributed by atoms with Gasteiger partial charge in [0.05, 0.1) is 0 Å². The summed E-state index contributed by atoms with van der Waals surface area (Å²) in [6.07, 6.45) is 3.16. The summed E-state index contributed by atoms with van der Waals surface area (Å²) in [7, 11) is 2.15. The Kier molecular flexibility index (Phi) is 3.79. The summed E-state index contributed by atoms with van der Waals surface area (Å²) in [5.74, 6) is -0.723. The lowest BCUT2D eigenvalue weighted by Gasteiger charge is -2.13. The van der Waals surface area contributed by atoms with E-state index in [0.29, 0.717) is 6.42 Å². The van der Waals surface area contributed by atoms with Crippen molar-refractivity contribution in [2.75, 3.05) is 13.6 Å². The second-order valence-corrected chi connectivity index (χ2v) is 4.84. The molecule has 1 aliphatic heterocycles. The molecule has 0 unspecified atom stereocenters. The molecule has 0 saturated carbocycles. The molecule has 17 heavy (non-hydrogen) atoms. The molecule has 3 nitrogen and oxygen atoms in total. The van der Waals surface area contributed by atoms with Crippen LogP contribution in [0.3, 0.4) is 0 Å². The number of carbonyl (C=O) groups is 1. The molecule has 1 aromatic rings. The number of carboxylic acids is 1. The van der Waals surface area contributed by atoms with Crippen LogP contribution >= 0.6 is 0 Å². The SMILES string of the molecule is CN1CCCc2cc(CCC(=O)O)ccc2C1. The standard InChI is InChI=1S/C14H19NO2/c1-15-8-2-3-12-9-11(5-7-14(16)17)4-6-13(12)10-15/h4,6,9H,2-3,5,7-8,10H2,1H3,(H,16,17). The molecular formula is C14H19NO2. The summed E-state index contributed by atoms with van der Waals surface area (Å²) in [5, 5.41) is 8.69. The third kappa shape index (κ3) is 3.30. The number of benzene rings is 1. The third-order valence-corrected chi connectivity index (χ3v) is 3.32. The molecule has 0 atom stereocenters. The van der Waals surface area contributed by atoms with Gasteiger partial charge in [0, 0.05) is 13.0 Å². The van der Waals surface area contributed by atoms with Gasteiger partial charge in [-0.25, -0.2) is 0 Å². The number of aliphatic carboxylic acids is 1. The van der Waals surface area contributed by atoms with E-state index < -0.39 is 5.97 Å². The Morgan fingerprint density at radius 1 is 1.41 bits per heavy atom. The Morgan fingerprint density at radius 3 is 3.00 bits per heavy atom. The van der Waals surface area contributed by atoms with Gasteiger partial charge in [-0.3, -0.25) is 4.79 Å². The van der Waals surface area contributed by atoms with Crippen molar-refractivity contribution >= 4 is 5.97 Å². The van der Waals surface area contributed by atoms with Crippen LogP contribution in [0.5, 0.6) is 0 Å². The van der Waals surface area contributed by atoms with Crippen LogP contribution in [0.2, 0.25) is 0 Å². The van der Waals surface area contributed by atoms with Gasteiger partial charge in [-0.15, -0.1) is 0 Å². The molecule has 0 fully saturated rings. The summed E-state index contributed by atoms with van der Waals surface area (Å²) < 4.78 is 0. The Labute approximate surface area is 102 Å². The Bertz CT molecular complexity index is 415. The summed E-state index contributed by atoms with van der Waals surface area (Å²) in [5.41, 5.74) is 3.94. The number of fused-ring (bicyclic) bond motifs is 1. The maximum absolute atomic E-state index is 10.6. The van der Waals surface area contributed by atoms with E-state index in [0.717, 1.165) is 25.1 Å². The second kappa shape index (κ2) is 5.32. The van der Waals surface area contributed by atoms with Crippen molar-refractivity contribution in [3.63, 3.8) is 0 Å². The normalized spacial score (nSPS) is 16.3. The molecule has 0 spiro atoms. The first-order valence-corrected chi connectivity index (χ1v) is 6.16. The van der Waals surface area contributed by atoms with Gasteiger partial charge >= 0.3 is 5.97 Å². The van der Waals surface area contributed by atoms with Gasteiger partial charge in [-0.2, -0.15) is 0 Å². The first-order chi connectivity index (χ1) is 8.15. The molecule has 92 valence electrons. The van der Waals surface area contributed by atoms with Crippen molar-refractivity contribution in [1.29, 1.82) is 0 Å². The van der Waals surface area contributed by atoms with E-state index in [1.165, 1.54) is 17.5 Å². The molecule has 3 heteroatoms. The van der Waals surface area contributed by atoms with E-state index in [2.05, 4.69) is 30.1 Å². The van der Waals surface area contributed by atoms with E-state index in [4.69, 9.17) is 5.11 Å². The molecule has 1 aromatic carbocycles. The van der Waals surface area contributed by atoms with Crippen molar-refractivity contribution in [2.45, 2.75) is 32.2 Å². The number of aryl methyl sites for hydroxylation is 2. The van der Waals surface area contributed by atoms with Crippen molar-refractivity contribution < 1.29 is 9.90 Å². The summed E-state index contributed by atoms with van der Waals surface area (Å²) in [6.45, 7) is 2.15. The number of hydrogen-bond acceptors (Lipinski definition) is 2. The molecule has 1 N–H and O–H groups in total. The highest BCUT2D eigenvalue weighted by Gasteiger charge is 2.11. The first kappa shape index (κ1) is 12.1. The van der Waals surface area contributed by atoms with Gasteiger partial charge < -0.3 is 10.0 Å². The third-order valence-electron chi connectivity index (χ3n) is 3.32. The van der Waals surface area contributed by atoms with E-state index in [1.807, 2.05) is 0 Å². The summed E-state index contributed by atoms with van der Waals surface area (Å²) >= 11 is 0. The van der Waals surface area contributed by atoms with Crippen LogP contribution < -0.4 is 0 Å². The van der Waals surface area contributed by atoms with Crippen LogP contribution in [0.25, 0.3) is 0 Å². The molecule has 0 aliphatic carbocycles. The monoisotopic (exact) mass is 233 g/mol. The van der Waals surface area contributed by atoms with Gasteiger partial charge in [-0.05, 0) is 49.5 Å². The summed E-state index contributed by atoms with van der Waals surface area (Å²) in [6, 6.07) is 6.42. The van der Waals surface area contributed by atoms with Gasteiger partial charge in [0.15, 0.2) is 0 Å². The largest absolute Gasteiger partial charge is 0.481 e. The lowest BCUT2D eigenvalue weighted by molar-refractivity contribution is -0.136. The minimum absolute atomic E-state index is 0.221. The van der Waals surface area contributed by atoms with Crippen molar-refractivity contribution in [2.24, 2.45) is 0 Å². The fraction of sp³-hybridized carbons (Fsp3) is 0.500. The second-order valence-electron chi connectivity index (χ2n) is 4.84. The predicted molar refractivity (Wildman–Crippen MR) is 67.1 cm³/mol. The van der Waals surface area contributed by atoms with E-state index in [1.54, 1.807) is 0 Å². The average Bonchev–Trinajstić information content (AvgIpc) is 2.46. The smallest absolute Gasteiger partial charge is 0.303 e. The molecule has 0 radical (unpaired) electrons. The van der Waals surface area contributed by atoms with Crippen LogP contribution in [0, 0.1) is 0 Å². The highest BCUT2D eigenvalue weighted by atomic mass is 16.4. The molecule has 0 aromatic heterocycles. The Morgan fingerprint density at radius 2 is 2.24 bits per heavy atom. The van der Waals surface area contributed by atoms with Crippen LogP contribution in [0.4, 0.5) is 0 Å². The van der Waals surface area contributed by atoms with Crippen LogP contribution in [0.15, 0.2) is 18.2 Å². The molecule has 1 heterocycles. The van der Waals surface area contributed by atoms with E-state index in [-0.39, 0.29) is 6.42 Å². The fourth-order valence-electron chi connectivity index (χ4n) is 2.38. The van der Waals surface area contributed by atoms with Gasteiger partial charge in [0.25, 0.3) is 0 Å². The van der Waals surface area contributed by atoms with Crippen LogP contribution in [0.1, 0.15) is 29.5 Å². The highest BCUT2D eigenvalue weighted by molar-refractivity contribution is 5.67. The highest BCUT2D eigenvalue weighted by Crippen LogP contribution is 2.20. The van der Waals surface area contributed by atoms with Crippen molar-refractivity contribution in [3.8, 4) is 0 Å². The molecular weight excluding hydrogens is 214 g/mol. The van der Waals surface area contributed by atoms with Gasteiger partial charge in [-0.1, -0.05) is 18.2 Å². The van der Waals surface area contributed by atoms with Crippen molar-refractivity contribution in [3.05, 3.63) is 34.9 Å². The Balaban J connectivity index is 2.13. The topological polar surface area (TPSA) is 40.5 Å². The molecule has 0 saturated heterocycles. The molecule has 0 amide bonds. The minimum atomic E-state index is -0.723. The lowest BCUT2D eigenvalue weighted by Crippen LogP contribution is -2.17. The van der Waals surface area contributed by atoms with Gasteiger partial charge in [0.1, 0.15) is 0 Å². The number of nitrogens with zero attached hydrogens (tertiary/aromatic N) is 1. The summed E-state index contributed by atoms with van der Waals surface area (Å²) in [4.78, 5) is 12.9. The van der Waals surface area contributed by atoms with E-state index >= 15 is 0 Å². The zero-order valence-electron chi connectivity index (χ0n) is 10.3. The average molecular weight is 233 g/mol. The lowest BCUT2D eigenvalue weighted by atomic mass is 9.99. The molecule has 1 aliphatic rings. The maximum atomic E-state index is 10.6. The Hall–Kier alpha value is -1.35. The molecule has 0 bridgehead atoms. The van der Waals surface area contributed by atoms with Crippen molar-refractivity contribution in [1.82, 2.24) is 4.90 Å². The van der Waals surface area contributed by atoms with Gasteiger partial charge in [0.2, 0.25) is 0 Å². The number of carboxylic acid groups (broad SMARTS) is 1. The zero-order valence-corrected chi connectivity index (χ0v) is 10.3. The maximum Gasteiger partial charge on any atom is 0.303 e. The number of hydrogen-bond donors (Lipinski definition) is 1. The number of rotatable bonds is 3. The molecule has 2 rings (SSSR count). The quantitative estimate of drug-likeness (QED) is 0.869. The van der Waals surface area contributed by atoms with Crippen LogP contribution in [-0.2, 0) is 24.2 Å². The minimum Gasteiger partial charge on any atom is -0.481 e. The van der Waals surface area contributed by atoms with Crippen LogP contribution in [-0.4, -0.2) is 29.6 Å². The van der Waals surface area contributed by atoms with E-state index in [9.17, 15) is 4.79 Å². The predicted octanol–water partition coefficient (Wildman–Crippen LogP) is 2.08.